The molecule has 0 spiro atoms. The van der Waals surface area contributed by atoms with Gasteiger partial charge < -0.3 is 20.6 Å². The molecule has 0 radical (unpaired) electrons. The van der Waals surface area contributed by atoms with Crippen molar-refractivity contribution in [2.75, 3.05) is 11.9 Å². The summed E-state index contributed by atoms with van der Waals surface area (Å²) in [5.41, 5.74) is 0.878. The Kier molecular flexibility index (Phi) is 7.48. The van der Waals surface area contributed by atoms with Gasteiger partial charge in [-0.15, -0.1) is 0 Å². The Labute approximate surface area is 141 Å². The summed E-state index contributed by atoms with van der Waals surface area (Å²) < 4.78 is 5.13. The maximum Gasteiger partial charge on any atom is 0.407 e. The van der Waals surface area contributed by atoms with Gasteiger partial charge in [0.15, 0.2) is 0 Å². The topological polar surface area (TPSA) is 100 Å². The highest BCUT2D eigenvalue weighted by Gasteiger charge is 2.15. The number of hydrogen-bond acceptors (Lipinski definition) is 5. The van der Waals surface area contributed by atoms with E-state index >= 15 is 0 Å². The number of hydrogen-bond donors (Lipinski definition) is 3. The molecule has 7 nitrogen and oxygen atoms in total. The first kappa shape index (κ1) is 19.2. The van der Waals surface area contributed by atoms with Gasteiger partial charge in [-0.2, -0.15) is 0 Å². The van der Waals surface area contributed by atoms with Crippen LogP contribution in [0.25, 0.3) is 6.08 Å². The molecule has 1 rings (SSSR count). The van der Waals surface area contributed by atoms with Gasteiger partial charge in [0.1, 0.15) is 11.8 Å². The van der Waals surface area contributed by atoms with Gasteiger partial charge in [0.25, 0.3) is 5.91 Å². The summed E-state index contributed by atoms with van der Waals surface area (Å²) >= 11 is 0. The van der Waals surface area contributed by atoms with E-state index in [9.17, 15) is 9.59 Å². The van der Waals surface area contributed by atoms with E-state index in [2.05, 4.69) is 15.8 Å². The Bertz CT molecular complexity index is 619. The van der Waals surface area contributed by atoms with Crippen molar-refractivity contribution >= 4 is 30.0 Å². The lowest BCUT2D eigenvalue weighted by molar-refractivity contribution is -0.110. The molecular weight excluding hydrogens is 310 g/mol. The number of alkyl carbamates (subject to hydrolysis) is 1. The number of anilines is 1. The quantitative estimate of drug-likeness (QED) is 0.322. The Morgan fingerprint density at radius 1 is 1.29 bits per heavy atom. The second-order valence-corrected chi connectivity index (χ2v) is 5.94. The number of amides is 2. The molecule has 0 aromatic heterocycles. The van der Waals surface area contributed by atoms with Crippen LogP contribution in [-0.4, -0.2) is 35.6 Å². The van der Waals surface area contributed by atoms with Gasteiger partial charge in [-0.25, -0.2) is 4.79 Å². The summed E-state index contributed by atoms with van der Waals surface area (Å²) in [7, 11) is 0. The van der Waals surface area contributed by atoms with Crippen molar-refractivity contribution in [1.82, 2.24) is 5.32 Å². The molecular formula is C17H23N3O4. The molecule has 1 aromatic carbocycles. The lowest BCUT2D eigenvalue weighted by atomic mass is 10.1. The van der Waals surface area contributed by atoms with E-state index in [4.69, 9.17) is 9.94 Å². The summed E-state index contributed by atoms with van der Waals surface area (Å²) in [6.07, 6.45) is 4.65. The van der Waals surface area contributed by atoms with E-state index in [1.54, 1.807) is 32.9 Å². The van der Waals surface area contributed by atoms with Crippen molar-refractivity contribution in [3.63, 3.8) is 0 Å². The number of carbonyl (C=O) groups is 2. The van der Waals surface area contributed by atoms with Gasteiger partial charge >= 0.3 is 6.09 Å². The zero-order valence-corrected chi connectivity index (χ0v) is 14.1. The Morgan fingerprint density at radius 3 is 2.67 bits per heavy atom. The van der Waals surface area contributed by atoms with Crippen LogP contribution in [0.1, 0.15) is 32.8 Å². The number of benzene rings is 1. The van der Waals surface area contributed by atoms with Crippen LogP contribution in [0.3, 0.4) is 0 Å². The van der Waals surface area contributed by atoms with Crippen LogP contribution in [0, 0.1) is 0 Å². The fourth-order valence-electron chi connectivity index (χ4n) is 1.76. The molecule has 0 unspecified atom stereocenters. The maximum absolute atomic E-state index is 11.5. The average molecular weight is 333 g/mol. The average Bonchev–Trinajstić information content (AvgIpc) is 2.47. The number of carbonyl (C=O) groups excluding carboxylic acids is 2. The fraction of sp³-hybridized carbons (Fsp3) is 0.353. The van der Waals surface area contributed by atoms with Crippen LogP contribution in [-0.2, 0) is 9.53 Å². The second kappa shape index (κ2) is 9.34. The predicted molar refractivity (Wildman–Crippen MR) is 93.2 cm³/mol. The molecule has 2 amide bonds. The normalized spacial score (nSPS) is 11.6. The zero-order valence-electron chi connectivity index (χ0n) is 14.1. The first-order valence-corrected chi connectivity index (χ1v) is 7.52. The van der Waals surface area contributed by atoms with Crippen LogP contribution in [0.5, 0.6) is 0 Å². The van der Waals surface area contributed by atoms with Crippen molar-refractivity contribution < 1.29 is 19.5 Å². The van der Waals surface area contributed by atoms with E-state index in [0.29, 0.717) is 18.7 Å². The zero-order chi connectivity index (χ0) is 18.0. The number of nitrogens with one attached hydrogen (secondary N) is 2. The molecule has 0 bridgehead atoms. The highest BCUT2D eigenvalue weighted by Crippen LogP contribution is 2.16. The minimum atomic E-state index is -0.523. The summed E-state index contributed by atoms with van der Waals surface area (Å²) in [4.78, 5) is 22.9. The third-order valence-corrected chi connectivity index (χ3v) is 2.67. The SMILES string of the molecule is CC(C)(C)OC(=O)NCCC=Cc1ccccc1NC(=O)C=NO. The standard InChI is InChI=1S/C17H23N3O4/c1-17(2,3)24-16(22)18-11-7-6-9-13-8-4-5-10-14(13)20-15(21)12-19-23/h4-6,8-10,12,23H,7,11H2,1-3H3,(H,18,22)(H,20,21). The minimum absolute atomic E-state index is 0.442. The monoisotopic (exact) mass is 333 g/mol. The van der Waals surface area contributed by atoms with Gasteiger partial charge in [-0.1, -0.05) is 35.5 Å². The van der Waals surface area contributed by atoms with Gasteiger partial charge in [0.05, 0.1) is 0 Å². The van der Waals surface area contributed by atoms with Crippen LogP contribution < -0.4 is 10.6 Å². The molecule has 0 aliphatic rings. The van der Waals surface area contributed by atoms with Crippen molar-refractivity contribution in [3.8, 4) is 0 Å². The molecule has 0 aliphatic carbocycles. The molecule has 130 valence electrons. The number of para-hydroxylation sites is 1. The number of rotatable bonds is 6. The number of ether oxygens (including phenoxy) is 1. The van der Waals surface area contributed by atoms with E-state index in [1.807, 2.05) is 24.3 Å². The molecule has 24 heavy (non-hydrogen) atoms. The Balaban J connectivity index is 2.50. The Hall–Kier alpha value is -2.83. The lowest BCUT2D eigenvalue weighted by Crippen LogP contribution is -2.32. The molecule has 1 aromatic rings. The maximum atomic E-state index is 11.5. The summed E-state index contributed by atoms with van der Waals surface area (Å²) in [6.45, 7) is 5.86. The van der Waals surface area contributed by atoms with Crippen LogP contribution in [0.2, 0.25) is 0 Å². The van der Waals surface area contributed by atoms with Crippen molar-refractivity contribution in [3.05, 3.63) is 35.9 Å². The smallest absolute Gasteiger partial charge is 0.407 e. The van der Waals surface area contributed by atoms with Gasteiger partial charge in [-0.05, 0) is 38.8 Å². The molecule has 0 saturated carbocycles. The summed E-state index contributed by atoms with van der Waals surface area (Å²) in [6, 6.07) is 7.20. The molecule has 0 atom stereocenters. The molecule has 0 heterocycles. The van der Waals surface area contributed by atoms with Crippen molar-refractivity contribution in [2.24, 2.45) is 5.16 Å². The van der Waals surface area contributed by atoms with Crippen molar-refractivity contribution in [2.45, 2.75) is 32.8 Å². The second-order valence-electron chi connectivity index (χ2n) is 5.94. The van der Waals surface area contributed by atoms with E-state index in [1.165, 1.54) is 0 Å². The highest BCUT2D eigenvalue weighted by atomic mass is 16.6. The van der Waals surface area contributed by atoms with E-state index < -0.39 is 17.6 Å². The van der Waals surface area contributed by atoms with Crippen LogP contribution >= 0.6 is 0 Å². The van der Waals surface area contributed by atoms with Gasteiger partial charge in [0, 0.05) is 12.2 Å². The predicted octanol–water partition coefficient (Wildman–Crippen LogP) is 3.01. The summed E-state index contributed by atoms with van der Waals surface area (Å²) in [5.74, 6) is -0.523. The minimum Gasteiger partial charge on any atom is -0.444 e. The molecule has 7 heteroatoms. The fourth-order valence-corrected chi connectivity index (χ4v) is 1.76. The van der Waals surface area contributed by atoms with Crippen LogP contribution in [0.4, 0.5) is 10.5 Å². The lowest BCUT2D eigenvalue weighted by Gasteiger charge is -2.19. The van der Waals surface area contributed by atoms with Crippen molar-refractivity contribution in [1.29, 1.82) is 0 Å². The van der Waals surface area contributed by atoms with Crippen LogP contribution in [0.15, 0.2) is 35.5 Å². The first-order valence-electron chi connectivity index (χ1n) is 7.52. The van der Waals surface area contributed by atoms with Gasteiger partial charge in [-0.3, -0.25) is 4.79 Å². The first-order chi connectivity index (χ1) is 11.3. The number of oxime groups is 1. The summed E-state index contributed by atoms with van der Waals surface area (Å²) in [5, 5.41) is 16.3. The highest BCUT2D eigenvalue weighted by molar-refractivity contribution is 6.31. The molecule has 0 saturated heterocycles. The van der Waals surface area contributed by atoms with E-state index in [-0.39, 0.29) is 0 Å². The third kappa shape index (κ3) is 7.98. The molecule has 0 fully saturated rings. The Morgan fingerprint density at radius 2 is 2.00 bits per heavy atom. The largest absolute Gasteiger partial charge is 0.444 e. The molecule has 3 N–H and O–H groups in total. The molecule has 0 aliphatic heterocycles. The van der Waals surface area contributed by atoms with E-state index in [0.717, 1.165) is 11.8 Å². The third-order valence-electron chi connectivity index (χ3n) is 2.67. The van der Waals surface area contributed by atoms with Gasteiger partial charge in [0.2, 0.25) is 0 Å². The number of nitrogens with zero attached hydrogens (tertiary/aromatic N) is 1.